The molecular weight excluding hydrogens is 224 g/mol. The Kier molecular flexibility index (Phi) is 4.68. The Hall–Kier alpha value is -0.120. The fraction of sp³-hybridized carbons (Fsp3) is 1.00. The Morgan fingerprint density at radius 1 is 1.28 bits per heavy atom. The first-order valence-corrected chi connectivity index (χ1v) is 7.67. The van der Waals surface area contributed by atoms with Gasteiger partial charge in [-0.05, 0) is 56.5 Å². The Morgan fingerprint density at radius 3 is 2.72 bits per heavy atom. The van der Waals surface area contributed by atoms with Crippen molar-refractivity contribution in [1.29, 1.82) is 0 Å². The van der Waals surface area contributed by atoms with Crippen LogP contribution >= 0.6 is 0 Å². The average molecular weight is 254 g/mol. The third kappa shape index (κ3) is 3.06. The van der Waals surface area contributed by atoms with Crippen molar-refractivity contribution >= 4 is 0 Å². The molecule has 2 aliphatic rings. The normalized spacial score (nSPS) is 42.3. The molecular formula is C15H30N2O. The lowest BCUT2D eigenvalue weighted by molar-refractivity contribution is 0.111. The van der Waals surface area contributed by atoms with E-state index in [-0.39, 0.29) is 12.1 Å². The molecule has 0 aromatic rings. The van der Waals surface area contributed by atoms with Crippen LogP contribution in [0, 0.1) is 17.8 Å². The lowest BCUT2D eigenvalue weighted by atomic mass is 9.85. The largest absolute Gasteiger partial charge is 0.394 e. The third-order valence-electron chi connectivity index (χ3n) is 5.51. The molecule has 3 N–H and O–H groups in total. The second-order valence-corrected chi connectivity index (χ2v) is 6.81. The van der Waals surface area contributed by atoms with Crippen LogP contribution in [-0.2, 0) is 0 Å². The predicted molar refractivity (Wildman–Crippen MR) is 75.3 cm³/mol. The van der Waals surface area contributed by atoms with Crippen molar-refractivity contribution < 1.29 is 5.11 Å². The van der Waals surface area contributed by atoms with Crippen molar-refractivity contribution in [1.82, 2.24) is 4.90 Å². The van der Waals surface area contributed by atoms with Crippen LogP contribution in [0.2, 0.25) is 0 Å². The van der Waals surface area contributed by atoms with Crippen molar-refractivity contribution in [3.63, 3.8) is 0 Å². The number of rotatable bonds is 4. The van der Waals surface area contributed by atoms with Gasteiger partial charge in [-0.15, -0.1) is 0 Å². The zero-order valence-corrected chi connectivity index (χ0v) is 12.1. The highest BCUT2D eigenvalue weighted by atomic mass is 16.3. The summed E-state index contributed by atoms with van der Waals surface area (Å²) in [6.45, 7) is 8.55. The molecule has 3 nitrogen and oxygen atoms in total. The van der Waals surface area contributed by atoms with Crippen LogP contribution in [0.1, 0.15) is 46.0 Å². The second kappa shape index (κ2) is 5.89. The number of hydrogen-bond donors (Lipinski definition) is 2. The molecule has 3 heteroatoms. The van der Waals surface area contributed by atoms with Gasteiger partial charge >= 0.3 is 0 Å². The van der Waals surface area contributed by atoms with E-state index >= 15 is 0 Å². The zero-order chi connectivity index (χ0) is 13.2. The predicted octanol–water partition coefficient (Wildman–Crippen LogP) is 1.84. The maximum atomic E-state index is 9.47. The van der Waals surface area contributed by atoms with E-state index in [4.69, 9.17) is 5.73 Å². The molecule has 2 fully saturated rings. The summed E-state index contributed by atoms with van der Waals surface area (Å²) in [6.07, 6.45) is 5.89. The highest BCUT2D eigenvalue weighted by Gasteiger charge is 2.38. The molecule has 18 heavy (non-hydrogen) atoms. The van der Waals surface area contributed by atoms with E-state index in [9.17, 15) is 5.11 Å². The summed E-state index contributed by atoms with van der Waals surface area (Å²) in [5.41, 5.74) is 6.02. The van der Waals surface area contributed by atoms with Crippen molar-refractivity contribution in [2.24, 2.45) is 23.5 Å². The van der Waals surface area contributed by atoms with Gasteiger partial charge in [-0.25, -0.2) is 0 Å². The molecule has 4 unspecified atom stereocenters. The van der Waals surface area contributed by atoms with E-state index in [0.717, 1.165) is 24.7 Å². The Morgan fingerprint density at radius 2 is 2.06 bits per heavy atom. The van der Waals surface area contributed by atoms with Crippen LogP contribution in [0.15, 0.2) is 0 Å². The van der Waals surface area contributed by atoms with Crippen LogP contribution in [0.5, 0.6) is 0 Å². The van der Waals surface area contributed by atoms with Gasteiger partial charge in [-0.3, -0.25) is 0 Å². The molecule has 0 radical (unpaired) electrons. The highest BCUT2D eigenvalue weighted by molar-refractivity contribution is 4.96. The molecule has 1 aliphatic heterocycles. The molecule has 0 spiro atoms. The van der Waals surface area contributed by atoms with Gasteiger partial charge in [0.1, 0.15) is 0 Å². The number of nitrogens with zero attached hydrogens (tertiary/aromatic N) is 1. The molecule has 1 heterocycles. The maximum Gasteiger partial charge on any atom is 0.0613 e. The molecule has 2 rings (SSSR count). The average Bonchev–Trinajstić information content (AvgIpc) is 2.73. The van der Waals surface area contributed by atoms with Crippen LogP contribution in [-0.4, -0.2) is 41.8 Å². The van der Waals surface area contributed by atoms with Gasteiger partial charge in [0.25, 0.3) is 0 Å². The SMILES string of the molecule is CC1CCN(CCC2CCCC2(N)CO)CC1C. The van der Waals surface area contributed by atoms with Gasteiger partial charge in [0.15, 0.2) is 0 Å². The molecule has 0 aromatic carbocycles. The van der Waals surface area contributed by atoms with Gasteiger partial charge in [-0.1, -0.05) is 20.3 Å². The van der Waals surface area contributed by atoms with E-state index in [1.165, 1.54) is 38.9 Å². The lowest BCUT2D eigenvalue weighted by Gasteiger charge is -2.37. The summed E-state index contributed by atoms with van der Waals surface area (Å²) in [4.78, 5) is 2.60. The van der Waals surface area contributed by atoms with Crippen molar-refractivity contribution in [3.8, 4) is 0 Å². The first kappa shape index (κ1) is 14.3. The lowest BCUT2D eigenvalue weighted by Crippen LogP contribution is -2.48. The van der Waals surface area contributed by atoms with E-state index in [1.807, 2.05) is 0 Å². The summed E-state index contributed by atoms with van der Waals surface area (Å²) in [5, 5.41) is 9.47. The first-order chi connectivity index (χ1) is 8.55. The summed E-state index contributed by atoms with van der Waals surface area (Å²) < 4.78 is 0. The summed E-state index contributed by atoms with van der Waals surface area (Å²) in [5.74, 6) is 2.22. The minimum Gasteiger partial charge on any atom is -0.394 e. The first-order valence-electron chi connectivity index (χ1n) is 7.67. The molecule has 4 atom stereocenters. The minimum absolute atomic E-state index is 0.158. The number of nitrogens with two attached hydrogens (primary N) is 1. The minimum atomic E-state index is -0.283. The van der Waals surface area contributed by atoms with Crippen LogP contribution < -0.4 is 5.73 Å². The molecule has 0 amide bonds. The smallest absolute Gasteiger partial charge is 0.0613 e. The Labute approximate surface area is 112 Å². The second-order valence-electron chi connectivity index (χ2n) is 6.81. The molecule has 0 aromatic heterocycles. The standard InChI is InChI=1S/C15H30N2O/c1-12-5-8-17(10-13(12)2)9-6-14-4-3-7-15(14,16)11-18/h12-14,18H,3-11,16H2,1-2H3. The molecule has 1 aliphatic carbocycles. The van der Waals surface area contributed by atoms with Crippen molar-refractivity contribution in [3.05, 3.63) is 0 Å². The zero-order valence-electron chi connectivity index (χ0n) is 12.1. The Bertz CT molecular complexity index is 271. The van der Waals surface area contributed by atoms with Gasteiger partial charge in [0.2, 0.25) is 0 Å². The molecule has 0 bridgehead atoms. The van der Waals surface area contributed by atoms with Crippen LogP contribution in [0.25, 0.3) is 0 Å². The summed E-state index contributed by atoms with van der Waals surface area (Å²) >= 11 is 0. The topological polar surface area (TPSA) is 49.5 Å². The third-order valence-corrected chi connectivity index (χ3v) is 5.51. The number of hydrogen-bond acceptors (Lipinski definition) is 3. The van der Waals surface area contributed by atoms with E-state index in [0.29, 0.717) is 5.92 Å². The molecule has 106 valence electrons. The Balaban J connectivity index is 1.78. The van der Waals surface area contributed by atoms with Gasteiger partial charge < -0.3 is 15.7 Å². The summed E-state index contributed by atoms with van der Waals surface area (Å²) in [6, 6.07) is 0. The van der Waals surface area contributed by atoms with E-state index in [2.05, 4.69) is 18.7 Å². The van der Waals surface area contributed by atoms with E-state index in [1.54, 1.807) is 0 Å². The van der Waals surface area contributed by atoms with Crippen molar-refractivity contribution in [2.75, 3.05) is 26.2 Å². The number of aliphatic hydroxyl groups is 1. The van der Waals surface area contributed by atoms with E-state index < -0.39 is 0 Å². The monoisotopic (exact) mass is 254 g/mol. The number of aliphatic hydroxyl groups excluding tert-OH is 1. The van der Waals surface area contributed by atoms with Gasteiger partial charge in [-0.2, -0.15) is 0 Å². The fourth-order valence-electron chi connectivity index (χ4n) is 3.70. The molecule has 1 saturated carbocycles. The van der Waals surface area contributed by atoms with Gasteiger partial charge in [0, 0.05) is 12.1 Å². The summed E-state index contributed by atoms with van der Waals surface area (Å²) in [7, 11) is 0. The maximum absolute atomic E-state index is 9.47. The van der Waals surface area contributed by atoms with Crippen LogP contribution in [0.4, 0.5) is 0 Å². The highest BCUT2D eigenvalue weighted by Crippen LogP contribution is 2.36. The van der Waals surface area contributed by atoms with Crippen LogP contribution in [0.3, 0.4) is 0 Å². The fourth-order valence-corrected chi connectivity index (χ4v) is 3.70. The number of piperidine rings is 1. The number of likely N-dealkylation sites (tertiary alicyclic amines) is 1. The van der Waals surface area contributed by atoms with Gasteiger partial charge in [0.05, 0.1) is 6.61 Å². The van der Waals surface area contributed by atoms with Crippen molar-refractivity contribution in [2.45, 2.75) is 51.5 Å². The molecule has 1 saturated heterocycles. The quantitative estimate of drug-likeness (QED) is 0.805.